The van der Waals surface area contributed by atoms with Crippen molar-refractivity contribution in [3.05, 3.63) is 47.0 Å². The molecule has 0 spiro atoms. The summed E-state index contributed by atoms with van der Waals surface area (Å²) in [5, 5.41) is 8.40. The van der Waals surface area contributed by atoms with Gasteiger partial charge < -0.3 is 5.32 Å². The quantitative estimate of drug-likeness (QED) is 0.933. The van der Waals surface area contributed by atoms with Crippen LogP contribution in [-0.4, -0.2) is 39.3 Å². The van der Waals surface area contributed by atoms with Crippen LogP contribution in [0.3, 0.4) is 0 Å². The van der Waals surface area contributed by atoms with Crippen molar-refractivity contribution < 1.29 is 0 Å². The predicted octanol–water partition coefficient (Wildman–Crippen LogP) is 1.61. The zero-order valence-electron chi connectivity index (χ0n) is 11.5. The molecule has 0 bridgehead atoms. The molecule has 1 fully saturated rings. The molecule has 3 rings (SSSR count). The summed E-state index contributed by atoms with van der Waals surface area (Å²) in [6, 6.07) is 8.33. The summed E-state index contributed by atoms with van der Waals surface area (Å²) < 4.78 is 1.83. The van der Waals surface area contributed by atoms with Crippen LogP contribution in [0.15, 0.2) is 30.6 Å². The highest BCUT2D eigenvalue weighted by Gasteiger charge is 2.26. The smallest absolute Gasteiger partial charge is 0.140 e. The van der Waals surface area contributed by atoms with Crippen LogP contribution in [0.25, 0.3) is 0 Å². The lowest BCUT2D eigenvalue weighted by Crippen LogP contribution is -2.45. The predicted molar refractivity (Wildman–Crippen MR) is 78.5 cm³/mol. The monoisotopic (exact) mass is 291 g/mol. The standard InChI is InChI=1S/C14H18ClN5/c1-19-14(17-10-18-19)9-20-7-6-16-8-13(20)11-4-2-3-5-12(11)15/h2-5,10,13,16H,6-9H2,1H3. The lowest BCUT2D eigenvalue weighted by molar-refractivity contribution is 0.148. The molecule has 0 radical (unpaired) electrons. The van der Waals surface area contributed by atoms with E-state index in [1.54, 1.807) is 6.33 Å². The number of halogens is 1. The van der Waals surface area contributed by atoms with Crippen molar-refractivity contribution in [2.75, 3.05) is 19.6 Å². The minimum Gasteiger partial charge on any atom is -0.314 e. The molecule has 6 heteroatoms. The number of hydrogen-bond acceptors (Lipinski definition) is 4. The topological polar surface area (TPSA) is 46.0 Å². The average Bonchev–Trinajstić information content (AvgIpc) is 2.86. The van der Waals surface area contributed by atoms with E-state index in [0.717, 1.165) is 37.0 Å². The van der Waals surface area contributed by atoms with Crippen molar-refractivity contribution in [1.29, 1.82) is 0 Å². The molecule has 20 heavy (non-hydrogen) atoms. The van der Waals surface area contributed by atoms with E-state index in [-0.39, 0.29) is 6.04 Å². The van der Waals surface area contributed by atoms with Crippen LogP contribution < -0.4 is 5.32 Å². The van der Waals surface area contributed by atoms with Gasteiger partial charge in [-0.05, 0) is 11.6 Å². The van der Waals surface area contributed by atoms with Gasteiger partial charge in [0.15, 0.2) is 0 Å². The molecule has 0 amide bonds. The van der Waals surface area contributed by atoms with Gasteiger partial charge in [-0.3, -0.25) is 9.58 Å². The second-order valence-corrected chi connectivity index (χ2v) is 5.42. The third kappa shape index (κ3) is 2.70. The molecule has 5 nitrogen and oxygen atoms in total. The van der Waals surface area contributed by atoms with Crippen molar-refractivity contribution in [2.45, 2.75) is 12.6 Å². The van der Waals surface area contributed by atoms with Crippen LogP contribution in [0.5, 0.6) is 0 Å². The number of aryl methyl sites for hydroxylation is 1. The number of nitrogens with one attached hydrogen (secondary N) is 1. The summed E-state index contributed by atoms with van der Waals surface area (Å²) >= 11 is 6.35. The van der Waals surface area contributed by atoms with Crippen molar-refractivity contribution in [1.82, 2.24) is 25.0 Å². The number of hydrogen-bond donors (Lipinski definition) is 1. The fourth-order valence-corrected chi connectivity index (χ4v) is 2.89. The Labute approximate surface area is 123 Å². The van der Waals surface area contributed by atoms with Gasteiger partial charge in [0.05, 0.1) is 6.54 Å². The Kier molecular flexibility index (Phi) is 4.00. The van der Waals surface area contributed by atoms with Gasteiger partial charge in [-0.25, -0.2) is 4.98 Å². The van der Waals surface area contributed by atoms with E-state index in [0.29, 0.717) is 0 Å². The van der Waals surface area contributed by atoms with E-state index in [1.807, 2.05) is 29.9 Å². The molecule has 1 aliphatic rings. The van der Waals surface area contributed by atoms with Crippen molar-refractivity contribution in [2.24, 2.45) is 7.05 Å². The largest absolute Gasteiger partial charge is 0.314 e. The van der Waals surface area contributed by atoms with E-state index in [4.69, 9.17) is 11.6 Å². The Hall–Kier alpha value is -1.43. The van der Waals surface area contributed by atoms with Gasteiger partial charge in [-0.15, -0.1) is 0 Å². The molecule has 1 aliphatic heterocycles. The fourth-order valence-electron chi connectivity index (χ4n) is 2.63. The minimum absolute atomic E-state index is 0.272. The van der Waals surface area contributed by atoms with Crippen molar-refractivity contribution >= 4 is 11.6 Å². The highest BCUT2D eigenvalue weighted by atomic mass is 35.5. The zero-order chi connectivity index (χ0) is 13.9. The number of nitrogens with zero attached hydrogens (tertiary/aromatic N) is 4. The fraction of sp³-hybridized carbons (Fsp3) is 0.429. The summed E-state index contributed by atoms with van der Waals surface area (Å²) in [6.07, 6.45) is 1.60. The van der Waals surface area contributed by atoms with E-state index in [9.17, 15) is 0 Å². The first-order valence-electron chi connectivity index (χ1n) is 6.78. The van der Waals surface area contributed by atoms with Gasteiger partial charge in [-0.2, -0.15) is 5.10 Å². The number of benzene rings is 1. The first-order chi connectivity index (χ1) is 9.75. The molecule has 1 aromatic heterocycles. The Morgan fingerprint density at radius 3 is 3.00 bits per heavy atom. The van der Waals surface area contributed by atoms with Crippen LogP contribution in [0, 0.1) is 0 Å². The molecule has 0 saturated carbocycles. The number of aromatic nitrogens is 3. The first kappa shape index (κ1) is 13.5. The van der Waals surface area contributed by atoms with Crippen molar-refractivity contribution in [3.8, 4) is 0 Å². The van der Waals surface area contributed by atoms with E-state index in [1.165, 1.54) is 5.56 Å². The molecule has 2 aromatic rings. The second-order valence-electron chi connectivity index (χ2n) is 5.01. The van der Waals surface area contributed by atoms with E-state index in [2.05, 4.69) is 26.4 Å². The Bertz CT molecular complexity index is 582. The lowest BCUT2D eigenvalue weighted by Gasteiger charge is -2.36. The molecule has 1 saturated heterocycles. The summed E-state index contributed by atoms with van der Waals surface area (Å²) in [5.74, 6) is 0.976. The first-order valence-corrected chi connectivity index (χ1v) is 7.15. The molecular formula is C14H18ClN5. The lowest BCUT2D eigenvalue weighted by atomic mass is 10.0. The maximum absolute atomic E-state index is 6.35. The number of rotatable bonds is 3. The Morgan fingerprint density at radius 2 is 2.25 bits per heavy atom. The van der Waals surface area contributed by atoms with E-state index < -0.39 is 0 Å². The maximum atomic E-state index is 6.35. The highest BCUT2D eigenvalue weighted by molar-refractivity contribution is 6.31. The van der Waals surface area contributed by atoms with Gasteiger partial charge in [0.1, 0.15) is 12.2 Å². The van der Waals surface area contributed by atoms with Crippen LogP contribution in [0.2, 0.25) is 5.02 Å². The van der Waals surface area contributed by atoms with Crippen molar-refractivity contribution in [3.63, 3.8) is 0 Å². The summed E-state index contributed by atoms with van der Waals surface area (Å²) in [4.78, 5) is 6.72. The molecule has 106 valence electrons. The van der Waals surface area contributed by atoms with Crippen LogP contribution in [0.1, 0.15) is 17.4 Å². The van der Waals surface area contributed by atoms with Gasteiger partial charge >= 0.3 is 0 Å². The Morgan fingerprint density at radius 1 is 1.40 bits per heavy atom. The van der Waals surface area contributed by atoms with Gasteiger partial charge in [0.2, 0.25) is 0 Å². The van der Waals surface area contributed by atoms with Gasteiger partial charge in [0, 0.05) is 37.7 Å². The molecule has 1 atom stereocenters. The van der Waals surface area contributed by atoms with Crippen LogP contribution in [0.4, 0.5) is 0 Å². The average molecular weight is 292 g/mol. The molecular weight excluding hydrogens is 274 g/mol. The van der Waals surface area contributed by atoms with Gasteiger partial charge in [-0.1, -0.05) is 29.8 Å². The SMILES string of the molecule is Cn1ncnc1CN1CCNCC1c1ccccc1Cl. The molecule has 1 unspecified atom stereocenters. The summed E-state index contributed by atoms with van der Waals surface area (Å²) in [5.41, 5.74) is 1.17. The molecule has 2 heterocycles. The van der Waals surface area contributed by atoms with E-state index >= 15 is 0 Å². The molecule has 1 aromatic carbocycles. The minimum atomic E-state index is 0.272. The van der Waals surface area contributed by atoms with Gasteiger partial charge in [0.25, 0.3) is 0 Å². The summed E-state index contributed by atoms with van der Waals surface area (Å²) in [6.45, 7) is 3.65. The zero-order valence-corrected chi connectivity index (χ0v) is 12.2. The van der Waals surface area contributed by atoms with Crippen LogP contribution >= 0.6 is 11.6 Å². The summed E-state index contributed by atoms with van der Waals surface area (Å²) in [7, 11) is 1.93. The third-order valence-corrected chi connectivity index (χ3v) is 4.11. The highest BCUT2D eigenvalue weighted by Crippen LogP contribution is 2.29. The van der Waals surface area contributed by atoms with Crippen LogP contribution in [-0.2, 0) is 13.6 Å². The second kappa shape index (κ2) is 5.91. The Balaban J connectivity index is 1.84. The molecule has 1 N–H and O–H groups in total. The third-order valence-electron chi connectivity index (χ3n) is 3.77. The number of piperazine rings is 1. The maximum Gasteiger partial charge on any atom is 0.140 e. The molecule has 0 aliphatic carbocycles. The normalized spacial score (nSPS) is 20.2.